The summed E-state index contributed by atoms with van der Waals surface area (Å²) in [6, 6.07) is 15.3. The monoisotopic (exact) mass is 538 g/mol. The van der Waals surface area contributed by atoms with E-state index in [0.717, 1.165) is 0 Å². The molecule has 4 rings (SSSR count). The Hall–Kier alpha value is -4.84. The second-order valence-corrected chi connectivity index (χ2v) is 8.43. The van der Waals surface area contributed by atoms with E-state index in [-0.39, 0.29) is 22.9 Å². The first-order valence-electron chi connectivity index (χ1n) is 11.1. The zero-order chi connectivity index (χ0) is 27.4. The molecule has 11 nitrogen and oxygen atoms in total. The van der Waals surface area contributed by atoms with E-state index in [0.29, 0.717) is 28.4 Å². The fraction of sp³-hybridized carbons (Fsp3) is 0.120. The van der Waals surface area contributed by atoms with E-state index in [4.69, 9.17) is 16.0 Å². The third kappa shape index (κ3) is 5.76. The summed E-state index contributed by atoms with van der Waals surface area (Å²) in [6.45, 7) is 3.26. The lowest BCUT2D eigenvalue weighted by atomic mass is 10.1. The molecule has 0 saturated carbocycles. The van der Waals surface area contributed by atoms with Crippen molar-refractivity contribution in [3.63, 3.8) is 0 Å². The molecule has 0 aliphatic rings. The van der Waals surface area contributed by atoms with Gasteiger partial charge in [-0.25, -0.2) is 9.82 Å². The number of rotatable bonds is 8. The highest BCUT2D eigenvalue weighted by atomic mass is 35.5. The van der Waals surface area contributed by atoms with Crippen LogP contribution in [0.25, 0.3) is 0 Å². The predicted octanol–water partition coefficient (Wildman–Crippen LogP) is 4.94. The number of halogens is 2. The Morgan fingerprint density at radius 2 is 1.92 bits per heavy atom. The summed E-state index contributed by atoms with van der Waals surface area (Å²) in [5.74, 6) is -2.03. The second kappa shape index (κ2) is 11.0. The Kier molecular flexibility index (Phi) is 7.63. The molecule has 0 atom stereocenters. The summed E-state index contributed by atoms with van der Waals surface area (Å²) in [6.07, 6.45) is 0. The van der Waals surface area contributed by atoms with Crippen LogP contribution < -0.4 is 10.7 Å². The molecule has 194 valence electrons. The van der Waals surface area contributed by atoms with Crippen LogP contribution in [0.5, 0.6) is 0 Å². The van der Waals surface area contributed by atoms with Crippen LogP contribution in [0.15, 0.2) is 70.2 Å². The van der Waals surface area contributed by atoms with Crippen LogP contribution in [0.3, 0.4) is 0 Å². The van der Waals surface area contributed by atoms with Crippen molar-refractivity contribution in [3.05, 3.63) is 110 Å². The Morgan fingerprint density at radius 3 is 2.63 bits per heavy atom. The number of nitrogens with one attached hydrogen (secondary N) is 2. The standard InChI is InChI=1S/C25H20ClFN6O5/c1-14(16-6-5-7-17(12-16)28-24(34)19-8-3-4-9-20(19)27)29-30-25(35)21-11-10-18(38-21)13-32-15(2)22(26)23(31-32)33(36)37/h3-12H,13H2,1-2H3,(H,28,34)(H,30,35)/b29-14+. The molecule has 2 aromatic carbocycles. The minimum absolute atomic E-state index is 0.0281. The average Bonchev–Trinajstić information content (AvgIpc) is 3.48. The third-order valence-electron chi connectivity index (χ3n) is 5.46. The van der Waals surface area contributed by atoms with Gasteiger partial charge in [0.15, 0.2) is 10.8 Å². The first kappa shape index (κ1) is 26.2. The number of nitrogens with zero attached hydrogens (tertiary/aromatic N) is 4. The lowest BCUT2D eigenvalue weighted by molar-refractivity contribution is -0.389. The first-order chi connectivity index (χ1) is 18.1. The van der Waals surface area contributed by atoms with E-state index in [9.17, 15) is 24.1 Å². The lowest BCUT2D eigenvalue weighted by Crippen LogP contribution is -2.19. The number of aromatic nitrogens is 2. The summed E-state index contributed by atoms with van der Waals surface area (Å²) in [5, 5.41) is 21.5. The molecule has 0 fully saturated rings. The minimum Gasteiger partial charge on any atom is -0.454 e. The molecule has 2 N–H and O–H groups in total. The van der Waals surface area contributed by atoms with E-state index in [1.54, 1.807) is 44.2 Å². The second-order valence-electron chi connectivity index (χ2n) is 8.06. The van der Waals surface area contributed by atoms with Crippen molar-refractivity contribution >= 4 is 40.6 Å². The van der Waals surface area contributed by atoms with Crippen molar-refractivity contribution in [2.45, 2.75) is 20.4 Å². The molecule has 2 aromatic heterocycles. The van der Waals surface area contributed by atoms with Crippen molar-refractivity contribution in [1.82, 2.24) is 15.2 Å². The van der Waals surface area contributed by atoms with Crippen LogP contribution in [-0.2, 0) is 6.54 Å². The van der Waals surface area contributed by atoms with E-state index >= 15 is 0 Å². The van der Waals surface area contributed by atoms with Crippen LogP contribution in [-0.4, -0.2) is 32.2 Å². The number of anilines is 1. The van der Waals surface area contributed by atoms with Crippen molar-refractivity contribution in [2.75, 3.05) is 5.32 Å². The molecule has 0 saturated heterocycles. The van der Waals surface area contributed by atoms with E-state index in [1.807, 2.05) is 0 Å². The number of benzene rings is 2. The number of carbonyl (C=O) groups is 2. The van der Waals surface area contributed by atoms with Gasteiger partial charge in [-0.15, -0.1) is 0 Å². The highest BCUT2D eigenvalue weighted by Gasteiger charge is 2.24. The van der Waals surface area contributed by atoms with Gasteiger partial charge < -0.3 is 19.8 Å². The van der Waals surface area contributed by atoms with Gasteiger partial charge in [0.05, 0.1) is 22.1 Å². The molecule has 0 spiro atoms. The average molecular weight is 539 g/mol. The van der Waals surface area contributed by atoms with Gasteiger partial charge in [0.1, 0.15) is 18.1 Å². The number of nitro groups is 1. The molecule has 2 amide bonds. The largest absolute Gasteiger partial charge is 0.454 e. The molecule has 0 aliphatic carbocycles. The lowest BCUT2D eigenvalue weighted by Gasteiger charge is -2.08. The maximum absolute atomic E-state index is 13.9. The van der Waals surface area contributed by atoms with Gasteiger partial charge in [-0.1, -0.05) is 35.9 Å². The smallest absolute Gasteiger partial charge is 0.408 e. The zero-order valence-corrected chi connectivity index (χ0v) is 20.8. The minimum atomic E-state index is -0.681. The summed E-state index contributed by atoms with van der Waals surface area (Å²) in [5.41, 5.74) is 4.14. The SMILES string of the molecule is C/C(=N\NC(=O)c1ccc(Cn2nc([N+](=O)[O-])c(Cl)c2C)o1)c1cccc(NC(=O)c2ccccc2F)c1. The zero-order valence-electron chi connectivity index (χ0n) is 20.1. The number of hydrogen-bond donors (Lipinski definition) is 2. The van der Waals surface area contributed by atoms with Gasteiger partial charge in [0, 0.05) is 5.69 Å². The molecular formula is C25H20ClFN6O5. The molecular weight excluding hydrogens is 519 g/mol. The Bertz CT molecular complexity index is 1580. The van der Waals surface area contributed by atoms with Crippen LogP contribution in [0.1, 0.15) is 44.9 Å². The van der Waals surface area contributed by atoms with Gasteiger partial charge in [-0.2, -0.15) is 9.78 Å². The van der Waals surface area contributed by atoms with Gasteiger partial charge in [-0.3, -0.25) is 9.59 Å². The highest BCUT2D eigenvalue weighted by molar-refractivity contribution is 6.33. The van der Waals surface area contributed by atoms with Crippen molar-refractivity contribution in [3.8, 4) is 0 Å². The first-order valence-corrected chi connectivity index (χ1v) is 11.5. The quantitative estimate of drug-likeness (QED) is 0.185. The normalized spacial score (nSPS) is 11.3. The van der Waals surface area contributed by atoms with Crippen LogP contribution in [0, 0.1) is 22.9 Å². The van der Waals surface area contributed by atoms with E-state index in [1.165, 1.54) is 35.0 Å². The van der Waals surface area contributed by atoms with E-state index < -0.39 is 28.4 Å². The molecule has 2 heterocycles. The van der Waals surface area contributed by atoms with E-state index in [2.05, 4.69) is 20.9 Å². The van der Waals surface area contributed by atoms with Gasteiger partial charge in [0.25, 0.3) is 5.91 Å². The number of carbonyl (C=O) groups excluding carboxylic acids is 2. The molecule has 4 aromatic rings. The van der Waals surface area contributed by atoms with Crippen molar-refractivity contribution < 1.29 is 23.3 Å². The Labute approximate surface area is 220 Å². The number of furan rings is 1. The summed E-state index contributed by atoms with van der Waals surface area (Å²) in [4.78, 5) is 35.2. The Balaban J connectivity index is 1.40. The fourth-order valence-electron chi connectivity index (χ4n) is 3.43. The Morgan fingerprint density at radius 1 is 1.16 bits per heavy atom. The molecule has 0 bridgehead atoms. The molecule has 0 unspecified atom stereocenters. The summed E-state index contributed by atoms with van der Waals surface area (Å²) in [7, 11) is 0. The van der Waals surface area contributed by atoms with Crippen LogP contribution in [0.4, 0.5) is 15.9 Å². The number of hydrazone groups is 1. The maximum Gasteiger partial charge on any atom is 0.408 e. The van der Waals surface area contributed by atoms with Gasteiger partial charge in [-0.05, 0) is 60.7 Å². The number of amides is 2. The molecule has 0 aliphatic heterocycles. The maximum atomic E-state index is 13.9. The predicted molar refractivity (Wildman–Crippen MR) is 137 cm³/mol. The van der Waals surface area contributed by atoms with Crippen LogP contribution in [0.2, 0.25) is 5.02 Å². The summed E-state index contributed by atoms with van der Waals surface area (Å²) >= 11 is 5.95. The summed E-state index contributed by atoms with van der Waals surface area (Å²) < 4.78 is 20.7. The molecule has 38 heavy (non-hydrogen) atoms. The molecule has 0 radical (unpaired) electrons. The fourth-order valence-corrected chi connectivity index (χ4v) is 3.64. The van der Waals surface area contributed by atoms with Crippen molar-refractivity contribution in [2.24, 2.45) is 5.10 Å². The third-order valence-corrected chi connectivity index (χ3v) is 5.90. The van der Waals surface area contributed by atoms with Crippen molar-refractivity contribution in [1.29, 1.82) is 0 Å². The molecule has 13 heteroatoms. The number of hydrogen-bond acceptors (Lipinski definition) is 7. The van der Waals surface area contributed by atoms with Crippen LogP contribution >= 0.6 is 11.6 Å². The highest BCUT2D eigenvalue weighted by Crippen LogP contribution is 2.27. The topological polar surface area (TPSA) is 145 Å². The van der Waals surface area contributed by atoms with Gasteiger partial charge >= 0.3 is 11.7 Å². The van der Waals surface area contributed by atoms with Gasteiger partial charge in [0.2, 0.25) is 0 Å².